The highest BCUT2D eigenvalue weighted by molar-refractivity contribution is 6.35. The highest BCUT2D eigenvalue weighted by atomic mass is 35.5. The number of carbonyl (C=O) groups is 2. The number of benzene rings is 3. The first kappa shape index (κ1) is 25.7. The van der Waals surface area contributed by atoms with E-state index in [9.17, 15) is 18.4 Å². The molecule has 4 N–H and O–H groups in total. The van der Waals surface area contributed by atoms with Crippen LogP contribution in [-0.2, 0) is 9.53 Å². The maximum Gasteiger partial charge on any atom is 0.325 e. The van der Waals surface area contributed by atoms with Crippen LogP contribution in [0.1, 0.15) is 34.0 Å². The fourth-order valence-electron chi connectivity index (χ4n) is 3.25. The molecular weight excluding hydrogens is 476 g/mol. The number of halogens is 3. The molecule has 3 aromatic carbocycles. The minimum Gasteiger partial charge on any atom is -0.465 e. The number of carbonyl (C=O) groups excluding carboxylic acids is 2. The standard InChI is InChI=1S/C26H24ClF2N3O3/c1-3-35-25(33)14-31-13-23(30)16-5-4-15(2)20(10-16)26(34)19-8-7-18(12-21(19)27)32-24-9-6-17(28)11-22(24)29/h4-13,31-32H,3,14,30H2,1-2H3/b23-13-. The first-order chi connectivity index (χ1) is 16.7. The molecule has 0 heterocycles. The second kappa shape index (κ2) is 11.5. The molecule has 0 aliphatic rings. The van der Waals surface area contributed by atoms with Gasteiger partial charge in [-0.1, -0.05) is 23.7 Å². The minimum absolute atomic E-state index is 0.0377. The molecule has 6 nitrogen and oxygen atoms in total. The average Bonchev–Trinajstić information content (AvgIpc) is 2.81. The van der Waals surface area contributed by atoms with Gasteiger partial charge in [0.25, 0.3) is 0 Å². The van der Waals surface area contributed by atoms with E-state index in [0.29, 0.717) is 22.5 Å². The van der Waals surface area contributed by atoms with Crippen molar-refractivity contribution in [3.05, 3.63) is 99.7 Å². The Bertz CT molecular complexity index is 1290. The fourth-order valence-corrected chi connectivity index (χ4v) is 3.52. The van der Waals surface area contributed by atoms with E-state index in [1.165, 1.54) is 24.4 Å². The second-order valence-corrected chi connectivity index (χ2v) is 8.00. The van der Waals surface area contributed by atoms with Crippen molar-refractivity contribution in [2.45, 2.75) is 13.8 Å². The van der Waals surface area contributed by atoms with Gasteiger partial charge in [0, 0.05) is 29.1 Å². The largest absolute Gasteiger partial charge is 0.465 e. The van der Waals surface area contributed by atoms with Crippen molar-refractivity contribution in [1.82, 2.24) is 5.32 Å². The van der Waals surface area contributed by atoms with Crippen LogP contribution in [0.2, 0.25) is 5.02 Å². The Hall–Kier alpha value is -3.91. The van der Waals surface area contributed by atoms with Crippen LogP contribution in [-0.4, -0.2) is 24.9 Å². The zero-order chi connectivity index (χ0) is 25.5. The van der Waals surface area contributed by atoms with Crippen molar-refractivity contribution in [2.75, 3.05) is 18.5 Å². The van der Waals surface area contributed by atoms with E-state index in [4.69, 9.17) is 22.1 Å². The number of nitrogens with two attached hydrogens (primary N) is 1. The Kier molecular flexibility index (Phi) is 8.43. The lowest BCUT2D eigenvalue weighted by atomic mass is 9.96. The Morgan fingerprint density at radius 3 is 2.51 bits per heavy atom. The number of ketones is 1. The molecule has 0 saturated carbocycles. The normalized spacial score (nSPS) is 11.2. The van der Waals surface area contributed by atoms with Gasteiger partial charge in [0.05, 0.1) is 23.0 Å². The van der Waals surface area contributed by atoms with Crippen molar-refractivity contribution in [1.29, 1.82) is 0 Å². The van der Waals surface area contributed by atoms with Crippen LogP contribution in [0.3, 0.4) is 0 Å². The number of aryl methyl sites for hydroxylation is 1. The van der Waals surface area contributed by atoms with Crippen molar-refractivity contribution < 1.29 is 23.1 Å². The monoisotopic (exact) mass is 499 g/mol. The summed E-state index contributed by atoms with van der Waals surface area (Å²) in [5.41, 5.74) is 8.89. The summed E-state index contributed by atoms with van der Waals surface area (Å²) in [4.78, 5) is 24.7. The third-order valence-corrected chi connectivity index (χ3v) is 5.36. The van der Waals surface area contributed by atoms with Crippen LogP contribution in [0.5, 0.6) is 0 Å². The van der Waals surface area contributed by atoms with E-state index < -0.39 is 17.6 Å². The smallest absolute Gasteiger partial charge is 0.325 e. The van der Waals surface area contributed by atoms with E-state index in [2.05, 4.69) is 10.6 Å². The van der Waals surface area contributed by atoms with Crippen LogP contribution in [0.4, 0.5) is 20.2 Å². The van der Waals surface area contributed by atoms with E-state index in [0.717, 1.165) is 17.7 Å². The molecule has 0 aliphatic heterocycles. The first-order valence-electron chi connectivity index (χ1n) is 10.7. The third-order valence-electron chi connectivity index (χ3n) is 5.05. The van der Waals surface area contributed by atoms with Gasteiger partial charge in [-0.3, -0.25) is 9.59 Å². The molecule has 0 aliphatic carbocycles. The zero-order valence-corrected chi connectivity index (χ0v) is 19.9. The summed E-state index contributed by atoms with van der Waals surface area (Å²) in [7, 11) is 0. The van der Waals surface area contributed by atoms with Crippen molar-refractivity contribution in [3.63, 3.8) is 0 Å². The molecule has 0 bridgehead atoms. The van der Waals surface area contributed by atoms with Gasteiger partial charge in [-0.15, -0.1) is 0 Å². The molecule has 0 saturated heterocycles. The summed E-state index contributed by atoms with van der Waals surface area (Å²) in [5.74, 6) is -2.17. The molecule has 35 heavy (non-hydrogen) atoms. The number of hydrogen-bond acceptors (Lipinski definition) is 6. The van der Waals surface area contributed by atoms with Crippen LogP contribution < -0.4 is 16.4 Å². The number of ether oxygens (including phenoxy) is 1. The number of anilines is 2. The predicted octanol–water partition coefficient (Wildman–Crippen LogP) is 5.31. The molecule has 3 aromatic rings. The third kappa shape index (κ3) is 6.58. The van der Waals surface area contributed by atoms with Gasteiger partial charge in [0.1, 0.15) is 18.2 Å². The number of rotatable bonds is 9. The first-order valence-corrected chi connectivity index (χ1v) is 11.1. The molecule has 0 unspecified atom stereocenters. The summed E-state index contributed by atoms with van der Waals surface area (Å²) in [6.45, 7) is 3.75. The molecule has 182 valence electrons. The number of hydrogen-bond donors (Lipinski definition) is 3. The highest BCUT2D eigenvalue weighted by Crippen LogP contribution is 2.28. The van der Waals surface area contributed by atoms with Gasteiger partial charge < -0.3 is 21.1 Å². The van der Waals surface area contributed by atoms with E-state index in [1.807, 2.05) is 0 Å². The van der Waals surface area contributed by atoms with Crippen LogP contribution in [0.25, 0.3) is 5.70 Å². The molecule has 0 amide bonds. The fraction of sp³-hybridized carbons (Fsp3) is 0.154. The van der Waals surface area contributed by atoms with E-state index >= 15 is 0 Å². The lowest BCUT2D eigenvalue weighted by Crippen LogP contribution is -2.21. The second-order valence-electron chi connectivity index (χ2n) is 7.59. The molecule has 3 rings (SSSR count). The topological polar surface area (TPSA) is 93.4 Å². The van der Waals surface area contributed by atoms with Gasteiger partial charge in [-0.25, -0.2) is 8.78 Å². The zero-order valence-electron chi connectivity index (χ0n) is 19.1. The average molecular weight is 500 g/mol. The van der Waals surface area contributed by atoms with Gasteiger partial charge in [0.2, 0.25) is 0 Å². The van der Waals surface area contributed by atoms with Gasteiger partial charge in [0.15, 0.2) is 5.78 Å². The predicted molar refractivity (Wildman–Crippen MR) is 133 cm³/mol. The maximum absolute atomic E-state index is 13.9. The van der Waals surface area contributed by atoms with Crippen molar-refractivity contribution >= 4 is 40.4 Å². The summed E-state index contributed by atoms with van der Waals surface area (Å²) in [6, 6.07) is 12.9. The molecular formula is C26H24ClF2N3O3. The van der Waals surface area contributed by atoms with Crippen molar-refractivity contribution in [3.8, 4) is 0 Å². The Labute approximate surface area is 206 Å². The number of nitrogens with one attached hydrogen (secondary N) is 2. The van der Waals surface area contributed by atoms with E-state index in [-0.39, 0.29) is 35.2 Å². The molecule has 0 aromatic heterocycles. The lowest BCUT2D eigenvalue weighted by Gasteiger charge is -2.12. The molecule has 0 spiro atoms. The lowest BCUT2D eigenvalue weighted by molar-refractivity contribution is -0.141. The highest BCUT2D eigenvalue weighted by Gasteiger charge is 2.17. The molecule has 0 atom stereocenters. The van der Waals surface area contributed by atoms with Crippen molar-refractivity contribution in [2.24, 2.45) is 5.73 Å². The Morgan fingerprint density at radius 1 is 1.06 bits per heavy atom. The Balaban J connectivity index is 1.80. The minimum atomic E-state index is -0.754. The molecule has 9 heteroatoms. The summed E-state index contributed by atoms with van der Waals surface area (Å²) in [6.07, 6.45) is 1.47. The van der Waals surface area contributed by atoms with Crippen LogP contribution in [0.15, 0.2) is 60.8 Å². The van der Waals surface area contributed by atoms with Gasteiger partial charge in [-0.2, -0.15) is 0 Å². The van der Waals surface area contributed by atoms with Gasteiger partial charge in [-0.05, 0) is 61.4 Å². The van der Waals surface area contributed by atoms with Gasteiger partial charge >= 0.3 is 5.97 Å². The van der Waals surface area contributed by atoms with E-state index in [1.54, 1.807) is 38.1 Å². The quantitative estimate of drug-likeness (QED) is 0.273. The van der Waals surface area contributed by atoms with Crippen LogP contribution in [0, 0.1) is 18.6 Å². The Morgan fingerprint density at radius 2 is 1.83 bits per heavy atom. The SMILES string of the molecule is CCOC(=O)CN/C=C(\N)c1ccc(C)c(C(=O)c2ccc(Nc3ccc(F)cc3F)cc2Cl)c1. The summed E-state index contributed by atoms with van der Waals surface area (Å²) >= 11 is 6.38. The summed E-state index contributed by atoms with van der Waals surface area (Å²) < 4.78 is 31.9. The molecule has 0 radical (unpaired) electrons. The maximum atomic E-state index is 13.9. The van der Waals surface area contributed by atoms with Crippen LogP contribution >= 0.6 is 11.6 Å². The summed E-state index contributed by atoms with van der Waals surface area (Å²) in [5, 5.41) is 5.76. The number of esters is 1. The molecule has 0 fully saturated rings.